The molecule has 0 spiro atoms. The van der Waals surface area contributed by atoms with Gasteiger partial charge in [-0.1, -0.05) is 222 Å². The van der Waals surface area contributed by atoms with Gasteiger partial charge in [0, 0.05) is 23.0 Å². The van der Waals surface area contributed by atoms with Crippen LogP contribution >= 0.6 is 0 Å². The van der Waals surface area contributed by atoms with E-state index in [4.69, 9.17) is 17.9 Å². The van der Waals surface area contributed by atoms with Crippen LogP contribution in [0, 0.1) is 47.9 Å². The molecule has 6 heteroatoms. The summed E-state index contributed by atoms with van der Waals surface area (Å²) in [4.78, 5) is 4.94. The fourth-order valence-electron chi connectivity index (χ4n) is 11.5. The van der Waals surface area contributed by atoms with E-state index in [1.807, 2.05) is 59.3 Å². The molecule has 9 aromatic carbocycles. The fraction of sp³-hybridized carbons (Fsp3) is 0.143. The van der Waals surface area contributed by atoms with Crippen molar-refractivity contribution in [3.8, 4) is 50.9 Å². The van der Waals surface area contributed by atoms with Gasteiger partial charge in [0.1, 0.15) is 17.3 Å². The maximum atomic E-state index is 9.28. The Balaban J connectivity index is 1.16. The standard InChI is InChI=1S/C70H61BN4O/c1-45-35-47(3)67(48(4)36-45)71(68-49(5)37-46(2)38-50(68)6)54-40-55(42-57(41-54)76-56-31-32-61-60-25-16-17-28-62(60)75(65(61)43-56)66-39-53(33-34-72-66)70(7,8)9)73-44-74(64-30-19-18-29-63(64)73)69-58(51-21-12-10-13-22-51)26-20-27-59(69)52-23-14-11-15-24-52/h10-43H,1-9H3/i10D,11D,12D,13D,14D,15D,21D,22D,23D,24D. The Morgan fingerprint density at radius 1 is 0.553 bits per heavy atom. The zero-order valence-corrected chi connectivity index (χ0v) is 44.1. The average molecular weight is 995 g/mol. The Bertz CT molecular complexity index is 4580. The zero-order chi connectivity index (χ0) is 61.1. The van der Waals surface area contributed by atoms with Crippen LogP contribution in [0.5, 0.6) is 11.5 Å². The van der Waals surface area contributed by atoms with Gasteiger partial charge >= 0.3 is 0 Å². The Kier molecular flexibility index (Phi) is 9.58. The molecule has 0 unspecified atom stereocenters. The van der Waals surface area contributed by atoms with Gasteiger partial charge in [-0.15, -0.1) is 0 Å². The van der Waals surface area contributed by atoms with E-state index in [-0.39, 0.29) is 40.1 Å². The summed E-state index contributed by atoms with van der Waals surface area (Å²) >= 11 is 0. The number of benzene rings is 9. The third kappa shape index (κ3) is 8.68. The van der Waals surface area contributed by atoms with Crippen molar-refractivity contribution in [2.24, 2.45) is 0 Å². The minimum atomic E-state index is -0.573. The molecule has 0 saturated heterocycles. The summed E-state index contributed by atoms with van der Waals surface area (Å²) in [5.41, 5.74) is 15.0. The first kappa shape index (κ1) is 37.9. The van der Waals surface area contributed by atoms with Crippen molar-refractivity contribution in [1.82, 2.24) is 14.1 Å². The molecule has 12 rings (SSSR count). The van der Waals surface area contributed by atoms with E-state index >= 15 is 0 Å². The molecule has 0 aliphatic carbocycles. The first-order valence-corrected chi connectivity index (χ1v) is 25.6. The highest BCUT2D eigenvalue weighted by Crippen LogP contribution is 2.38. The van der Waals surface area contributed by atoms with Crippen LogP contribution in [0.4, 0.5) is 0 Å². The molecule has 0 amide bonds. The maximum absolute atomic E-state index is 9.28. The first-order valence-electron chi connectivity index (χ1n) is 30.6. The third-order valence-corrected chi connectivity index (χ3v) is 14.6. The lowest BCUT2D eigenvalue weighted by Gasteiger charge is -2.25. The van der Waals surface area contributed by atoms with Gasteiger partial charge in [-0.05, 0) is 117 Å². The molecule has 0 aliphatic heterocycles. The van der Waals surface area contributed by atoms with Crippen LogP contribution in [0.15, 0.2) is 206 Å². The molecule has 0 saturated carbocycles. The SMILES string of the molecule is [2H]c1c([2H])c([2H])c(-c2cccc(-c3c([2H])c([2H])c([2H])c([2H])c3[2H])c2-[n+]2[c-]n(-c3cc(Oc4ccc5c6ccccc6n(-c6cc(C(C)(C)C)ccn6)c5c4)cc(B(c4c(C)cc(C)cc4C)c4c(C)cc(C)cc4C)c3)c3ccccc32)c([2H])c1[2H]. The van der Waals surface area contributed by atoms with Gasteiger partial charge < -0.3 is 4.74 Å². The van der Waals surface area contributed by atoms with E-state index in [2.05, 4.69) is 146 Å². The average Bonchev–Trinajstić information content (AvgIpc) is 1.67. The molecule has 76 heavy (non-hydrogen) atoms. The van der Waals surface area contributed by atoms with Crippen molar-refractivity contribution in [3.05, 3.63) is 251 Å². The summed E-state index contributed by atoms with van der Waals surface area (Å²) in [5.74, 6) is 1.87. The summed E-state index contributed by atoms with van der Waals surface area (Å²) in [6, 6.07) is 41.0. The molecule has 370 valence electrons. The number of nitrogens with zero attached hydrogens (tertiary/aromatic N) is 4. The molecule has 12 aromatic rings. The van der Waals surface area contributed by atoms with E-state index in [1.54, 1.807) is 22.8 Å². The molecule has 0 N–H and O–H groups in total. The fourth-order valence-corrected chi connectivity index (χ4v) is 11.5. The van der Waals surface area contributed by atoms with Crippen molar-refractivity contribution in [2.45, 2.75) is 67.7 Å². The summed E-state index contributed by atoms with van der Waals surface area (Å²) in [6.45, 7) is 19.2. The van der Waals surface area contributed by atoms with Gasteiger partial charge in [-0.25, -0.2) is 4.98 Å². The van der Waals surface area contributed by atoms with Gasteiger partial charge in [0.25, 0.3) is 6.33 Å². The third-order valence-electron chi connectivity index (χ3n) is 14.6. The van der Waals surface area contributed by atoms with Gasteiger partial charge in [0.15, 0.2) is 0 Å². The smallest absolute Gasteiger partial charge is 0.269 e. The predicted octanol–water partition coefficient (Wildman–Crippen LogP) is 15.0. The number of aromatic nitrogens is 4. The first-order chi connectivity index (χ1) is 40.9. The summed E-state index contributed by atoms with van der Waals surface area (Å²) in [5, 5.41) is 2.11. The van der Waals surface area contributed by atoms with Crippen LogP contribution in [-0.4, -0.2) is 20.8 Å². The number of hydrogen-bond donors (Lipinski definition) is 0. The molecule has 3 heterocycles. The number of fused-ring (bicyclic) bond motifs is 4. The topological polar surface area (TPSA) is 35.9 Å². The van der Waals surface area contributed by atoms with Crippen molar-refractivity contribution in [2.75, 3.05) is 0 Å². The van der Waals surface area contributed by atoms with Crippen molar-refractivity contribution < 1.29 is 23.0 Å². The van der Waals surface area contributed by atoms with Gasteiger partial charge in [0.2, 0.25) is 6.71 Å². The normalized spacial score (nSPS) is 13.6. The van der Waals surface area contributed by atoms with Crippen molar-refractivity contribution in [1.29, 1.82) is 0 Å². The van der Waals surface area contributed by atoms with Crippen LogP contribution in [-0.2, 0) is 5.41 Å². The maximum Gasteiger partial charge on any atom is 0.269 e. The van der Waals surface area contributed by atoms with E-state index in [0.29, 0.717) is 28.2 Å². The second kappa shape index (κ2) is 19.2. The molecule has 5 nitrogen and oxygen atoms in total. The van der Waals surface area contributed by atoms with Gasteiger partial charge in [-0.3, -0.25) is 13.7 Å². The lowest BCUT2D eigenvalue weighted by molar-refractivity contribution is -0.571. The molecule has 3 aromatic heterocycles. The second-order valence-corrected chi connectivity index (χ2v) is 21.1. The quantitative estimate of drug-likeness (QED) is 0.0778. The molecule has 0 aliphatic rings. The highest BCUT2D eigenvalue weighted by atomic mass is 16.5. The number of pyridine rings is 1. The lowest BCUT2D eigenvalue weighted by atomic mass is 9.34. The van der Waals surface area contributed by atoms with E-state index in [9.17, 15) is 5.48 Å². The lowest BCUT2D eigenvalue weighted by Crippen LogP contribution is -2.56. The number of para-hydroxylation sites is 4. The summed E-state index contributed by atoms with van der Waals surface area (Å²) < 4.78 is 102. The number of imidazole rings is 1. The second-order valence-electron chi connectivity index (χ2n) is 21.1. The molecule has 0 radical (unpaired) electrons. The Labute approximate surface area is 461 Å². The van der Waals surface area contributed by atoms with Crippen LogP contribution < -0.4 is 25.7 Å². The monoisotopic (exact) mass is 995 g/mol. The minimum absolute atomic E-state index is 0.126. The van der Waals surface area contributed by atoms with Gasteiger partial charge in [-0.2, -0.15) is 0 Å². The van der Waals surface area contributed by atoms with Crippen LogP contribution in [0.3, 0.4) is 0 Å². The highest BCUT2D eigenvalue weighted by Gasteiger charge is 2.30. The minimum Gasteiger partial charge on any atom is -0.458 e. The number of ether oxygens (including phenoxy) is 1. The molecule has 0 fully saturated rings. The Morgan fingerprint density at radius 3 is 1.75 bits per heavy atom. The molecule has 0 atom stereocenters. The largest absolute Gasteiger partial charge is 0.458 e. The van der Waals surface area contributed by atoms with E-state index in [0.717, 1.165) is 83.0 Å². The van der Waals surface area contributed by atoms with E-state index < -0.39 is 60.4 Å². The zero-order valence-electron chi connectivity index (χ0n) is 54.1. The van der Waals surface area contributed by atoms with E-state index in [1.165, 1.54) is 0 Å². The van der Waals surface area contributed by atoms with Gasteiger partial charge in [0.05, 0.1) is 47.1 Å². The molecular weight excluding hydrogens is 924 g/mol. The number of aryl methyl sites for hydroxylation is 6. The summed E-state index contributed by atoms with van der Waals surface area (Å²) in [7, 11) is 0. The van der Waals surface area contributed by atoms with Crippen LogP contribution in [0.2, 0.25) is 0 Å². The van der Waals surface area contributed by atoms with Crippen molar-refractivity contribution >= 4 is 55.9 Å². The highest BCUT2D eigenvalue weighted by molar-refractivity contribution is 6.96. The Hall–Kier alpha value is -8.74. The molecular formula is C70H61BN4O. The Morgan fingerprint density at radius 2 is 1.13 bits per heavy atom. The molecule has 0 bridgehead atoms. The van der Waals surface area contributed by atoms with Crippen molar-refractivity contribution in [3.63, 3.8) is 0 Å². The number of rotatable bonds is 10. The van der Waals surface area contributed by atoms with Crippen LogP contribution in [0.25, 0.3) is 72.3 Å². The summed E-state index contributed by atoms with van der Waals surface area (Å²) in [6.07, 6.45) is 5.51. The predicted molar refractivity (Wildman–Crippen MR) is 318 cm³/mol. The number of hydrogen-bond acceptors (Lipinski definition) is 2. The van der Waals surface area contributed by atoms with Crippen LogP contribution in [0.1, 0.15) is 73.4 Å².